The Hall–Kier alpha value is -3.04. The van der Waals surface area contributed by atoms with Crippen LogP contribution in [0.4, 0.5) is 10.1 Å². The van der Waals surface area contributed by atoms with E-state index in [1.165, 1.54) is 12.1 Å². The van der Waals surface area contributed by atoms with E-state index in [2.05, 4.69) is 31.2 Å². The highest BCUT2D eigenvalue weighted by atomic mass is 28.3. The largest absolute Gasteiger partial charge is 0.453 e. The zero-order valence-electron chi connectivity index (χ0n) is 18.1. The zero-order valence-corrected chi connectivity index (χ0v) is 19.1. The topological polar surface area (TPSA) is 79.4 Å². The third-order valence-corrected chi connectivity index (χ3v) is 6.46. The second kappa shape index (κ2) is 8.99. The molecular weight excluding hydrogens is 417 g/mol. The van der Waals surface area contributed by atoms with E-state index in [1.54, 1.807) is 12.3 Å². The second-order valence-corrected chi connectivity index (χ2v) is 14.2. The lowest BCUT2D eigenvalue weighted by Crippen LogP contribution is -2.22. The van der Waals surface area contributed by atoms with Crippen molar-refractivity contribution < 1.29 is 18.8 Å². The predicted octanol–water partition coefficient (Wildman–Crippen LogP) is 6.22. The molecular formula is C22H26FN3O4Si. The van der Waals surface area contributed by atoms with Gasteiger partial charge in [0.2, 0.25) is 0 Å². The molecule has 3 rings (SSSR count). The Morgan fingerprint density at radius 3 is 2.65 bits per heavy atom. The molecule has 3 aromatic rings. The van der Waals surface area contributed by atoms with Crippen molar-refractivity contribution in [2.75, 3.05) is 6.61 Å². The van der Waals surface area contributed by atoms with Crippen LogP contribution in [0.15, 0.2) is 43.2 Å². The Labute approximate surface area is 181 Å². The standard InChI is InChI=1S/C22H26FN3O4Si/c1-15(2)17-13-25(14-29-10-11-31(3,4)5)22-21(17)20(8-9-24-22)30-19-7-6-16(26(27)28)12-18(19)23/h6-9,12-13H,1,10-11,14H2,2-5H3. The Balaban J connectivity index is 1.93. The fraction of sp³-hybridized carbons (Fsp3) is 0.318. The van der Waals surface area contributed by atoms with Gasteiger partial charge in [-0.05, 0) is 30.7 Å². The number of pyridine rings is 1. The zero-order chi connectivity index (χ0) is 22.8. The number of hydrogen-bond donors (Lipinski definition) is 0. The Morgan fingerprint density at radius 1 is 1.29 bits per heavy atom. The molecule has 0 fully saturated rings. The van der Waals surface area contributed by atoms with E-state index in [4.69, 9.17) is 9.47 Å². The van der Waals surface area contributed by atoms with Gasteiger partial charge in [0.05, 0.1) is 16.4 Å². The van der Waals surface area contributed by atoms with Crippen molar-refractivity contribution >= 4 is 30.4 Å². The molecule has 0 amide bonds. The average molecular weight is 444 g/mol. The number of benzene rings is 1. The monoisotopic (exact) mass is 443 g/mol. The number of allylic oxidation sites excluding steroid dienone is 1. The van der Waals surface area contributed by atoms with Crippen LogP contribution in [0.5, 0.6) is 11.5 Å². The van der Waals surface area contributed by atoms with Crippen molar-refractivity contribution in [2.24, 2.45) is 0 Å². The highest BCUT2D eigenvalue weighted by Gasteiger charge is 2.19. The molecule has 9 heteroatoms. The number of nitro groups is 1. The first kappa shape index (κ1) is 22.6. The maximum atomic E-state index is 14.4. The van der Waals surface area contributed by atoms with E-state index in [9.17, 15) is 14.5 Å². The maximum Gasteiger partial charge on any atom is 0.272 e. The van der Waals surface area contributed by atoms with Crippen LogP contribution in [-0.4, -0.2) is 29.2 Å². The lowest BCUT2D eigenvalue weighted by Gasteiger charge is -2.15. The van der Waals surface area contributed by atoms with Gasteiger partial charge in [0.15, 0.2) is 11.6 Å². The first-order valence-electron chi connectivity index (χ1n) is 9.90. The fourth-order valence-corrected chi connectivity index (χ4v) is 3.80. The molecule has 0 radical (unpaired) electrons. The van der Waals surface area contributed by atoms with Crippen molar-refractivity contribution in [3.63, 3.8) is 0 Å². The Morgan fingerprint density at radius 2 is 2.03 bits per heavy atom. The van der Waals surface area contributed by atoms with Crippen molar-refractivity contribution in [2.45, 2.75) is 39.3 Å². The van der Waals surface area contributed by atoms with Crippen molar-refractivity contribution in [3.8, 4) is 11.5 Å². The first-order chi connectivity index (χ1) is 14.6. The van der Waals surface area contributed by atoms with Crippen LogP contribution in [0.3, 0.4) is 0 Å². The molecule has 1 aromatic carbocycles. The van der Waals surface area contributed by atoms with Crippen LogP contribution >= 0.6 is 0 Å². The van der Waals surface area contributed by atoms with Crippen molar-refractivity contribution in [3.05, 3.63) is 64.7 Å². The third kappa shape index (κ3) is 5.36. The normalized spacial score (nSPS) is 11.6. The molecule has 0 saturated carbocycles. The molecule has 7 nitrogen and oxygen atoms in total. The second-order valence-electron chi connectivity index (χ2n) is 8.62. The predicted molar refractivity (Wildman–Crippen MR) is 122 cm³/mol. The molecule has 0 atom stereocenters. The van der Waals surface area contributed by atoms with Gasteiger partial charge < -0.3 is 14.0 Å². The van der Waals surface area contributed by atoms with E-state index in [1.807, 2.05) is 17.7 Å². The molecule has 2 heterocycles. The maximum absolute atomic E-state index is 14.4. The lowest BCUT2D eigenvalue weighted by molar-refractivity contribution is -0.385. The third-order valence-electron chi connectivity index (χ3n) is 4.75. The molecule has 0 spiro atoms. The van der Waals surface area contributed by atoms with E-state index in [-0.39, 0.29) is 11.4 Å². The number of nitrogens with zero attached hydrogens (tertiary/aromatic N) is 3. The van der Waals surface area contributed by atoms with Gasteiger partial charge in [0, 0.05) is 38.7 Å². The highest BCUT2D eigenvalue weighted by Crippen LogP contribution is 2.36. The smallest absolute Gasteiger partial charge is 0.272 e. The fourth-order valence-electron chi connectivity index (χ4n) is 3.04. The number of fused-ring (bicyclic) bond motifs is 1. The van der Waals surface area contributed by atoms with E-state index < -0.39 is 18.8 Å². The van der Waals surface area contributed by atoms with Gasteiger partial charge in [-0.2, -0.15) is 0 Å². The molecule has 0 aliphatic carbocycles. The van der Waals surface area contributed by atoms with Gasteiger partial charge in [-0.25, -0.2) is 9.37 Å². The number of aromatic nitrogens is 2. The summed E-state index contributed by atoms with van der Waals surface area (Å²) in [4.78, 5) is 14.7. The minimum atomic E-state index is -1.19. The average Bonchev–Trinajstić information content (AvgIpc) is 3.06. The summed E-state index contributed by atoms with van der Waals surface area (Å²) in [5.74, 6) is -0.536. The first-order valence-corrected chi connectivity index (χ1v) is 13.6. The molecule has 164 valence electrons. The van der Waals surface area contributed by atoms with Gasteiger partial charge in [0.1, 0.15) is 18.1 Å². The summed E-state index contributed by atoms with van der Waals surface area (Å²) >= 11 is 0. The minimum absolute atomic E-state index is 0.107. The summed E-state index contributed by atoms with van der Waals surface area (Å²) in [7, 11) is -1.19. The van der Waals surface area contributed by atoms with E-state index in [0.29, 0.717) is 30.1 Å². The SMILES string of the molecule is C=C(C)c1cn(COCC[Si](C)(C)C)c2nccc(Oc3ccc([N+](=O)[O-])cc3F)c12. The van der Waals surface area contributed by atoms with Gasteiger partial charge in [-0.15, -0.1) is 0 Å². The van der Waals surface area contributed by atoms with Crippen molar-refractivity contribution in [1.29, 1.82) is 0 Å². The van der Waals surface area contributed by atoms with Crippen LogP contribution in [-0.2, 0) is 11.5 Å². The summed E-state index contributed by atoms with van der Waals surface area (Å²) in [5, 5.41) is 11.5. The van der Waals surface area contributed by atoms with Crippen LogP contribution in [0.1, 0.15) is 12.5 Å². The Bertz CT molecular complexity index is 1140. The molecule has 0 bridgehead atoms. The highest BCUT2D eigenvalue weighted by molar-refractivity contribution is 6.76. The molecule has 0 unspecified atom stereocenters. The van der Waals surface area contributed by atoms with Gasteiger partial charge in [-0.3, -0.25) is 10.1 Å². The van der Waals surface area contributed by atoms with Gasteiger partial charge >= 0.3 is 0 Å². The summed E-state index contributed by atoms with van der Waals surface area (Å²) in [6, 6.07) is 5.97. The summed E-state index contributed by atoms with van der Waals surface area (Å²) in [5.41, 5.74) is 1.90. The minimum Gasteiger partial charge on any atom is -0.453 e. The van der Waals surface area contributed by atoms with Gasteiger partial charge in [0.25, 0.3) is 5.69 Å². The quantitative estimate of drug-likeness (QED) is 0.170. The number of rotatable bonds is 9. The molecule has 0 aliphatic rings. The van der Waals surface area contributed by atoms with Crippen molar-refractivity contribution in [1.82, 2.24) is 9.55 Å². The summed E-state index contributed by atoms with van der Waals surface area (Å²) < 4.78 is 27.9. The molecule has 31 heavy (non-hydrogen) atoms. The molecule has 0 N–H and O–H groups in total. The Kier molecular flexibility index (Phi) is 6.56. The molecule has 0 saturated heterocycles. The summed E-state index contributed by atoms with van der Waals surface area (Å²) in [6.45, 7) is 13.8. The number of halogens is 1. The van der Waals surface area contributed by atoms with E-state index >= 15 is 0 Å². The van der Waals surface area contributed by atoms with Crippen LogP contribution in [0, 0.1) is 15.9 Å². The summed E-state index contributed by atoms with van der Waals surface area (Å²) in [6.07, 6.45) is 3.47. The molecule has 0 aliphatic heterocycles. The lowest BCUT2D eigenvalue weighted by atomic mass is 10.1. The number of non-ortho nitro benzene ring substituents is 1. The van der Waals surface area contributed by atoms with Crippen LogP contribution in [0.25, 0.3) is 16.6 Å². The number of hydrogen-bond acceptors (Lipinski definition) is 5. The number of ether oxygens (including phenoxy) is 2. The van der Waals surface area contributed by atoms with Gasteiger partial charge in [-0.1, -0.05) is 26.2 Å². The van der Waals surface area contributed by atoms with Crippen LogP contribution < -0.4 is 4.74 Å². The van der Waals surface area contributed by atoms with Crippen LogP contribution in [0.2, 0.25) is 25.7 Å². The number of nitro benzene ring substituents is 1. The molecule has 2 aromatic heterocycles. The van der Waals surface area contributed by atoms with E-state index in [0.717, 1.165) is 23.2 Å².